The van der Waals surface area contributed by atoms with Gasteiger partial charge in [-0.05, 0) is 12.5 Å². The molecule has 86 valence electrons. The van der Waals surface area contributed by atoms with Crippen molar-refractivity contribution in [3.05, 3.63) is 35.9 Å². The van der Waals surface area contributed by atoms with E-state index < -0.39 is 12.0 Å². The maximum Gasteiger partial charge on any atom is 0.311 e. The average molecular weight is 220 g/mol. The minimum atomic E-state index is -0.633. The molecule has 1 heterocycles. The quantitative estimate of drug-likeness (QED) is 0.735. The van der Waals surface area contributed by atoms with Gasteiger partial charge in [-0.15, -0.1) is 0 Å². The van der Waals surface area contributed by atoms with Crippen molar-refractivity contribution in [3.8, 4) is 0 Å². The Morgan fingerprint density at radius 2 is 1.81 bits per heavy atom. The Labute approximate surface area is 95.0 Å². The summed E-state index contributed by atoms with van der Waals surface area (Å²) in [6.07, 6.45) is -0.966. The largest absolute Gasteiger partial charge is 0.457 e. The van der Waals surface area contributed by atoms with Gasteiger partial charge in [-0.1, -0.05) is 37.3 Å². The summed E-state index contributed by atoms with van der Waals surface area (Å²) in [5.74, 6) is -0.829. The van der Waals surface area contributed by atoms with Gasteiger partial charge in [0, 0.05) is 5.92 Å². The fourth-order valence-corrected chi connectivity index (χ4v) is 2.13. The SMILES string of the molecule is C[C@@H]1[C@@H](O)[C@H](C)C(=O)O[C@H]1c1ccccc1. The summed E-state index contributed by atoms with van der Waals surface area (Å²) < 4.78 is 5.37. The number of rotatable bonds is 1. The fraction of sp³-hybridized carbons (Fsp3) is 0.462. The van der Waals surface area contributed by atoms with E-state index in [2.05, 4.69) is 0 Å². The van der Waals surface area contributed by atoms with Gasteiger partial charge in [-0.3, -0.25) is 4.79 Å². The van der Waals surface area contributed by atoms with E-state index in [9.17, 15) is 9.90 Å². The molecule has 0 spiro atoms. The third kappa shape index (κ3) is 1.83. The van der Waals surface area contributed by atoms with Crippen molar-refractivity contribution in [2.75, 3.05) is 0 Å². The number of aliphatic hydroxyl groups is 1. The zero-order chi connectivity index (χ0) is 11.7. The van der Waals surface area contributed by atoms with E-state index in [0.717, 1.165) is 5.56 Å². The van der Waals surface area contributed by atoms with Gasteiger partial charge in [-0.25, -0.2) is 0 Å². The summed E-state index contributed by atoms with van der Waals surface area (Å²) in [5.41, 5.74) is 0.939. The van der Waals surface area contributed by atoms with Crippen LogP contribution in [-0.2, 0) is 9.53 Å². The second kappa shape index (κ2) is 4.26. The normalized spacial score (nSPS) is 34.6. The van der Waals surface area contributed by atoms with Crippen LogP contribution in [0.5, 0.6) is 0 Å². The number of ether oxygens (including phenoxy) is 1. The topological polar surface area (TPSA) is 46.5 Å². The molecule has 1 aliphatic rings. The van der Waals surface area contributed by atoms with Crippen LogP contribution in [0, 0.1) is 11.8 Å². The lowest BCUT2D eigenvalue weighted by Gasteiger charge is -2.36. The van der Waals surface area contributed by atoms with Crippen LogP contribution in [0.3, 0.4) is 0 Å². The smallest absolute Gasteiger partial charge is 0.311 e. The molecule has 1 saturated heterocycles. The van der Waals surface area contributed by atoms with Gasteiger partial charge >= 0.3 is 5.97 Å². The maximum atomic E-state index is 11.6. The summed E-state index contributed by atoms with van der Waals surface area (Å²) >= 11 is 0. The van der Waals surface area contributed by atoms with Crippen LogP contribution in [0.25, 0.3) is 0 Å². The Balaban J connectivity index is 2.26. The molecule has 1 aromatic carbocycles. The lowest BCUT2D eigenvalue weighted by molar-refractivity contribution is -0.178. The van der Waals surface area contributed by atoms with E-state index in [-0.39, 0.29) is 18.0 Å². The minimum absolute atomic E-state index is 0.0740. The molecule has 0 radical (unpaired) electrons. The Bertz CT molecular complexity index is 374. The molecular weight excluding hydrogens is 204 g/mol. The highest BCUT2D eigenvalue weighted by Crippen LogP contribution is 2.36. The molecular formula is C13H16O3. The summed E-state index contributed by atoms with van der Waals surface area (Å²) in [6, 6.07) is 9.55. The van der Waals surface area contributed by atoms with E-state index in [1.165, 1.54) is 0 Å². The van der Waals surface area contributed by atoms with Crippen LogP contribution >= 0.6 is 0 Å². The monoisotopic (exact) mass is 220 g/mol. The van der Waals surface area contributed by atoms with Crippen molar-refractivity contribution in [2.45, 2.75) is 26.1 Å². The predicted octanol–water partition coefficient (Wildman–Crippen LogP) is 1.92. The van der Waals surface area contributed by atoms with Crippen LogP contribution in [-0.4, -0.2) is 17.2 Å². The van der Waals surface area contributed by atoms with Crippen LogP contribution in [0.4, 0.5) is 0 Å². The molecule has 3 heteroatoms. The molecule has 16 heavy (non-hydrogen) atoms. The van der Waals surface area contributed by atoms with E-state index in [4.69, 9.17) is 4.74 Å². The van der Waals surface area contributed by atoms with Crippen LogP contribution in [0.15, 0.2) is 30.3 Å². The lowest BCUT2D eigenvalue weighted by Crippen LogP contribution is -2.42. The molecule has 1 N–H and O–H groups in total. The molecule has 0 bridgehead atoms. The third-order valence-electron chi connectivity index (χ3n) is 3.27. The Kier molecular flexibility index (Phi) is 2.97. The first-order valence-electron chi connectivity index (χ1n) is 5.54. The molecule has 1 aliphatic heterocycles. The van der Waals surface area contributed by atoms with Crippen LogP contribution < -0.4 is 0 Å². The van der Waals surface area contributed by atoms with Crippen molar-refractivity contribution in [2.24, 2.45) is 11.8 Å². The van der Waals surface area contributed by atoms with Gasteiger partial charge in [0.15, 0.2) is 0 Å². The molecule has 0 unspecified atom stereocenters. The van der Waals surface area contributed by atoms with Gasteiger partial charge in [0.25, 0.3) is 0 Å². The second-order valence-corrected chi connectivity index (χ2v) is 4.41. The Hall–Kier alpha value is -1.35. The van der Waals surface area contributed by atoms with E-state index in [1.807, 2.05) is 37.3 Å². The van der Waals surface area contributed by atoms with E-state index >= 15 is 0 Å². The van der Waals surface area contributed by atoms with Gasteiger partial charge in [-0.2, -0.15) is 0 Å². The zero-order valence-electron chi connectivity index (χ0n) is 9.46. The highest BCUT2D eigenvalue weighted by atomic mass is 16.5. The number of cyclic esters (lactones) is 1. The van der Waals surface area contributed by atoms with Gasteiger partial charge in [0.05, 0.1) is 12.0 Å². The Morgan fingerprint density at radius 3 is 2.44 bits per heavy atom. The molecule has 0 aliphatic carbocycles. The predicted molar refractivity (Wildman–Crippen MR) is 59.6 cm³/mol. The number of aliphatic hydroxyl groups excluding tert-OH is 1. The zero-order valence-corrected chi connectivity index (χ0v) is 9.46. The van der Waals surface area contributed by atoms with Crippen molar-refractivity contribution in [1.82, 2.24) is 0 Å². The highest BCUT2D eigenvalue weighted by Gasteiger charge is 2.40. The first-order chi connectivity index (χ1) is 7.61. The molecule has 2 rings (SSSR count). The first-order valence-corrected chi connectivity index (χ1v) is 5.54. The first kappa shape index (κ1) is 11.1. The number of hydrogen-bond donors (Lipinski definition) is 1. The molecule has 0 aromatic heterocycles. The maximum absolute atomic E-state index is 11.6. The number of benzene rings is 1. The van der Waals surface area contributed by atoms with Crippen LogP contribution in [0.2, 0.25) is 0 Å². The van der Waals surface area contributed by atoms with Gasteiger partial charge in [0.2, 0.25) is 0 Å². The van der Waals surface area contributed by atoms with Crippen molar-refractivity contribution < 1.29 is 14.6 Å². The van der Waals surface area contributed by atoms with Crippen molar-refractivity contribution in [1.29, 1.82) is 0 Å². The summed E-state index contributed by atoms with van der Waals surface area (Å²) in [7, 11) is 0. The number of carbonyl (C=O) groups excluding carboxylic acids is 1. The van der Waals surface area contributed by atoms with Crippen LogP contribution in [0.1, 0.15) is 25.5 Å². The highest BCUT2D eigenvalue weighted by molar-refractivity contribution is 5.74. The summed E-state index contributed by atoms with van der Waals surface area (Å²) in [5, 5.41) is 9.95. The molecule has 0 amide bonds. The molecule has 3 nitrogen and oxygen atoms in total. The molecule has 4 atom stereocenters. The van der Waals surface area contributed by atoms with Gasteiger partial charge in [0.1, 0.15) is 6.10 Å². The van der Waals surface area contributed by atoms with Crippen molar-refractivity contribution in [3.63, 3.8) is 0 Å². The van der Waals surface area contributed by atoms with E-state index in [1.54, 1.807) is 6.92 Å². The lowest BCUT2D eigenvalue weighted by atomic mass is 9.83. The third-order valence-corrected chi connectivity index (χ3v) is 3.27. The standard InChI is InChI=1S/C13H16O3/c1-8-11(14)9(2)13(15)16-12(8)10-6-4-3-5-7-10/h3-9,11-12,14H,1-2H3/t8-,9+,11-,12-/m1/s1. The Morgan fingerprint density at radius 1 is 1.19 bits per heavy atom. The summed E-state index contributed by atoms with van der Waals surface area (Å²) in [4.78, 5) is 11.6. The van der Waals surface area contributed by atoms with Gasteiger partial charge < -0.3 is 9.84 Å². The minimum Gasteiger partial charge on any atom is -0.457 e. The second-order valence-electron chi connectivity index (χ2n) is 4.41. The molecule has 0 saturated carbocycles. The van der Waals surface area contributed by atoms with Crippen molar-refractivity contribution >= 4 is 5.97 Å². The number of esters is 1. The van der Waals surface area contributed by atoms with E-state index in [0.29, 0.717) is 0 Å². The molecule has 1 fully saturated rings. The number of hydrogen-bond acceptors (Lipinski definition) is 3. The molecule has 1 aromatic rings. The summed E-state index contributed by atoms with van der Waals surface area (Å²) in [6.45, 7) is 3.61. The fourth-order valence-electron chi connectivity index (χ4n) is 2.13. The average Bonchev–Trinajstić information content (AvgIpc) is 2.32. The number of carbonyl (C=O) groups is 1.